The Morgan fingerprint density at radius 1 is 1.50 bits per heavy atom. The molecular formula is C11H13N5OS. The summed E-state index contributed by atoms with van der Waals surface area (Å²) in [5.41, 5.74) is 6.59. The fourth-order valence-electron chi connectivity index (χ4n) is 1.69. The van der Waals surface area contributed by atoms with Crippen LogP contribution in [0.1, 0.15) is 30.3 Å². The number of nitrogens with two attached hydrogens (primary N) is 1. The van der Waals surface area contributed by atoms with Gasteiger partial charge in [0, 0.05) is 23.1 Å². The zero-order valence-corrected chi connectivity index (χ0v) is 10.5. The molecule has 4 N–H and O–H groups in total. The van der Waals surface area contributed by atoms with Gasteiger partial charge in [-0.05, 0) is 12.8 Å². The Labute approximate surface area is 107 Å². The van der Waals surface area contributed by atoms with Gasteiger partial charge < -0.3 is 16.0 Å². The Morgan fingerprint density at radius 2 is 2.33 bits per heavy atom. The van der Waals surface area contributed by atoms with Gasteiger partial charge in [0.2, 0.25) is 0 Å². The number of nitrogens with zero attached hydrogens (tertiary/aromatic N) is 2. The quantitative estimate of drug-likeness (QED) is 0.772. The number of anilines is 2. The molecule has 3 rings (SSSR count). The lowest BCUT2D eigenvalue weighted by Gasteiger charge is -2.06. The van der Waals surface area contributed by atoms with E-state index in [1.807, 2.05) is 0 Å². The number of thiazole rings is 1. The van der Waals surface area contributed by atoms with E-state index in [2.05, 4.69) is 20.3 Å². The summed E-state index contributed by atoms with van der Waals surface area (Å²) >= 11 is 1.15. The highest BCUT2D eigenvalue weighted by atomic mass is 32.1. The molecule has 0 saturated heterocycles. The van der Waals surface area contributed by atoms with Crippen LogP contribution in [0.15, 0.2) is 16.2 Å². The van der Waals surface area contributed by atoms with Crippen molar-refractivity contribution in [3.05, 3.63) is 32.6 Å². The summed E-state index contributed by atoms with van der Waals surface area (Å²) in [7, 11) is 0. The number of rotatable bonds is 4. The summed E-state index contributed by atoms with van der Waals surface area (Å²) in [6.07, 6.45) is 2.28. The van der Waals surface area contributed by atoms with Gasteiger partial charge in [0.1, 0.15) is 17.5 Å². The van der Waals surface area contributed by atoms with Crippen LogP contribution in [-0.2, 0) is 6.54 Å². The molecule has 1 aliphatic rings. The predicted octanol–water partition coefficient (Wildman–Crippen LogP) is 1.30. The van der Waals surface area contributed by atoms with E-state index >= 15 is 0 Å². The van der Waals surface area contributed by atoms with Gasteiger partial charge in [-0.1, -0.05) is 11.3 Å². The summed E-state index contributed by atoms with van der Waals surface area (Å²) < 4.78 is 0. The number of nitrogens with one attached hydrogen (secondary N) is 2. The maximum absolute atomic E-state index is 11.0. The molecule has 1 aliphatic carbocycles. The summed E-state index contributed by atoms with van der Waals surface area (Å²) in [5.74, 6) is 2.47. The largest absolute Gasteiger partial charge is 0.384 e. The molecule has 0 bridgehead atoms. The molecule has 7 heteroatoms. The first kappa shape index (κ1) is 11.2. The molecule has 2 aromatic rings. The Balaban J connectivity index is 1.73. The fraction of sp³-hybridized carbons (Fsp3) is 0.364. The van der Waals surface area contributed by atoms with Gasteiger partial charge in [-0.2, -0.15) is 0 Å². The van der Waals surface area contributed by atoms with Crippen molar-refractivity contribution in [2.45, 2.75) is 25.3 Å². The van der Waals surface area contributed by atoms with Crippen LogP contribution in [0.5, 0.6) is 0 Å². The van der Waals surface area contributed by atoms with Crippen LogP contribution in [0.3, 0.4) is 0 Å². The van der Waals surface area contributed by atoms with E-state index in [-0.39, 0.29) is 4.87 Å². The van der Waals surface area contributed by atoms with Gasteiger partial charge in [0.05, 0.1) is 6.54 Å². The molecule has 18 heavy (non-hydrogen) atoms. The smallest absolute Gasteiger partial charge is 0.304 e. The maximum atomic E-state index is 11.0. The van der Waals surface area contributed by atoms with E-state index in [1.54, 1.807) is 11.4 Å². The molecule has 0 atom stereocenters. The zero-order chi connectivity index (χ0) is 12.5. The Hall–Kier alpha value is -1.89. The number of hydrogen-bond donors (Lipinski definition) is 3. The third-order valence-electron chi connectivity index (χ3n) is 2.74. The topological polar surface area (TPSA) is 96.7 Å². The zero-order valence-electron chi connectivity index (χ0n) is 9.64. The van der Waals surface area contributed by atoms with E-state index in [0.29, 0.717) is 24.1 Å². The van der Waals surface area contributed by atoms with Gasteiger partial charge in [-0.3, -0.25) is 4.79 Å². The van der Waals surface area contributed by atoms with Crippen molar-refractivity contribution in [1.82, 2.24) is 15.0 Å². The highest BCUT2D eigenvalue weighted by molar-refractivity contribution is 7.07. The molecule has 0 unspecified atom stereocenters. The Morgan fingerprint density at radius 3 is 3.00 bits per heavy atom. The molecule has 2 aromatic heterocycles. The van der Waals surface area contributed by atoms with Crippen molar-refractivity contribution in [2.75, 3.05) is 11.1 Å². The Kier molecular flexibility index (Phi) is 2.75. The molecule has 6 nitrogen and oxygen atoms in total. The minimum Gasteiger partial charge on any atom is -0.384 e. The average Bonchev–Trinajstić information content (AvgIpc) is 3.10. The highest BCUT2D eigenvalue weighted by Gasteiger charge is 2.27. The number of aromatic amines is 1. The van der Waals surface area contributed by atoms with Crippen LogP contribution in [0.2, 0.25) is 0 Å². The van der Waals surface area contributed by atoms with Gasteiger partial charge in [-0.15, -0.1) is 0 Å². The molecular weight excluding hydrogens is 250 g/mol. The average molecular weight is 263 g/mol. The van der Waals surface area contributed by atoms with Crippen molar-refractivity contribution in [3.63, 3.8) is 0 Å². The van der Waals surface area contributed by atoms with E-state index in [4.69, 9.17) is 5.73 Å². The molecule has 0 aromatic carbocycles. The number of aromatic nitrogens is 3. The van der Waals surface area contributed by atoms with Gasteiger partial charge >= 0.3 is 4.87 Å². The van der Waals surface area contributed by atoms with E-state index < -0.39 is 0 Å². The standard InChI is InChI=1S/C11H13N5OS/c12-8-3-9(16-10(15-8)6-1-2-6)13-4-7-5-18-11(17)14-7/h3,5-6H,1-2,4H2,(H,14,17)(H3,12,13,15,16). The maximum Gasteiger partial charge on any atom is 0.304 e. The second kappa shape index (κ2) is 4.41. The molecule has 0 aliphatic heterocycles. The third-order valence-corrected chi connectivity index (χ3v) is 3.46. The SMILES string of the molecule is Nc1cc(NCc2csc(=O)[nH]2)nc(C2CC2)n1. The van der Waals surface area contributed by atoms with Crippen molar-refractivity contribution in [3.8, 4) is 0 Å². The van der Waals surface area contributed by atoms with Crippen LogP contribution < -0.4 is 15.9 Å². The monoisotopic (exact) mass is 263 g/mol. The minimum absolute atomic E-state index is 0.0485. The lowest BCUT2D eigenvalue weighted by atomic mass is 10.3. The molecule has 2 heterocycles. The minimum atomic E-state index is -0.0485. The van der Waals surface area contributed by atoms with Crippen molar-refractivity contribution < 1.29 is 0 Å². The Bertz CT molecular complexity index is 616. The normalized spacial score (nSPS) is 14.7. The van der Waals surface area contributed by atoms with Gasteiger partial charge in [0.25, 0.3) is 0 Å². The first-order valence-corrected chi connectivity index (χ1v) is 6.64. The molecule has 1 fully saturated rings. The summed E-state index contributed by atoms with van der Waals surface area (Å²) in [5, 5.41) is 4.94. The van der Waals surface area contributed by atoms with Crippen molar-refractivity contribution >= 4 is 23.0 Å². The number of nitrogen functional groups attached to an aromatic ring is 1. The van der Waals surface area contributed by atoms with Crippen molar-refractivity contribution in [1.29, 1.82) is 0 Å². The molecule has 0 amide bonds. The lowest BCUT2D eigenvalue weighted by Crippen LogP contribution is -2.07. The summed E-state index contributed by atoms with van der Waals surface area (Å²) in [4.78, 5) is 22.3. The van der Waals surface area contributed by atoms with Crippen LogP contribution >= 0.6 is 11.3 Å². The first-order valence-electron chi connectivity index (χ1n) is 5.76. The van der Waals surface area contributed by atoms with E-state index in [1.165, 1.54) is 0 Å². The molecule has 0 spiro atoms. The summed E-state index contributed by atoms with van der Waals surface area (Å²) in [6.45, 7) is 0.527. The predicted molar refractivity (Wildman–Crippen MR) is 70.7 cm³/mol. The van der Waals surface area contributed by atoms with E-state index in [0.717, 1.165) is 35.7 Å². The van der Waals surface area contributed by atoms with Gasteiger partial charge in [-0.25, -0.2) is 9.97 Å². The molecule has 94 valence electrons. The third kappa shape index (κ3) is 2.51. The van der Waals surface area contributed by atoms with Crippen LogP contribution in [0, 0.1) is 0 Å². The lowest BCUT2D eigenvalue weighted by molar-refractivity contribution is 0.922. The van der Waals surface area contributed by atoms with Crippen LogP contribution in [0.4, 0.5) is 11.6 Å². The van der Waals surface area contributed by atoms with Gasteiger partial charge in [0.15, 0.2) is 0 Å². The van der Waals surface area contributed by atoms with Crippen LogP contribution in [-0.4, -0.2) is 15.0 Å². The van der Waals surface area contributed by atoms with Crippen molar-refractivity contribution in [2.24, 2.45) is 0 Å². The first-order chi connectivity index (χ1) is 8.70. The summed E-state index contributed by atoms with van der Waals surface area (Å²) in [6, 6.07) is 1.70. The second-order valence-electron chi connectivity index (χ2n) is 4.34. The second-order valence-corrected chi connectivity index (χ2v) is 5.18. The molecule has 0 radical (unpaired) electrons. The highest BCUT2D eigenvalue weighted by Crippen LogP contribution is 2.38. The van der Waals surface area contributed by atoms with E-state index in [9.17, 15) is 4.79 Å². The molecule has 1 saturated carbocycles. The number of hydrogen-bond acceptors (Lipinski definition) is 6. The fourth-order valence-corrected chi connectivity index (χ4v) is 2.27. The number of H-pyrrole nitrogens is 1. The van der Waals surface area contributed by atoms with Crippen LogP contribution in [0.25, 0.3) is 0 Å².